The maximum absolute atomic E-state index is 12.7. The molecule has 0 aliphatic rings. The second-order valence-electron chi connectivity index (χ2n) is 3.27. The van der Waals surface area contributed by atoms with Crippen LogP contribution in [0.1, 0.15) is 12.8 Å². The molecule has 0 fully saturated rings. The third-order valence-electron chi connectivity index (χ3n) is 1.89. The van der Waals surface area contributed by atoms with Crippen LogP contribution in [0.3, 0.4) is 0 Å². The summed E-state index contributed by atoms with van der Waals surface area (Å²) in [5.41, 5.74) is 0.265. The lowest BCUT2D eigenvalue weighted by atomic mass is 10.2. The summed E-state index contributed by atoms with van der Waals surface area (Å²) in [6.45, 7) is 0.0601. The number of hydrogen-bond acceptors (Lipinski definition) is 1. The largest absolute Gasteiger partial charge is 0.389 e. The fourth-order valence-electron chi connectivity index (χ4n) is 1.13. The average molecular weight is 239 g/mol. The second kappa shape index (κ2) is 5.14. The van der Waals surface area contributed by atoms with E-state index in [1.807, 2.05) is 0 Å². The van der Waals surface area contributed by atoms with Crippen molar-refractivity contribution in [1.82, 2.24) is 0 Å². The van der Waals surface area contributed by atoms with Crippen LogP contribution < -0.4 is 5.32 Å². The van der Waals surface area contributed by atoms with Crippen LogP contribution in [0.2, 0.25) is 0 Å². The van der Waals surface area contributed by atoms with Crippen molar-refractivity contribution < 1.29 is 22.0 Å². The van der Waals surface area contributed by atoms with E-state index in [0.29, 0.717) is 0 Å². The molecule has 90 valence electrons. The van der Waals surface area contributed by atoms with Crippen molar-refractivity contribution in [2.45, 2.75) is 19.0 Å². The van der Waals surface area contributed by atoms with Crippen LogP contribution in [-0.2, 0) is 0 Å². The van der Waals surface area contributed by atoms with E-state index in [2.05, 4.69) is 5.32 Å². The summed E-state index contributed by atoms with van der Waals surface area (Å²) < 4.78 is 60.5. The van der Waals surface area contributed by atoms with Crippen molar-refractivity contribution >= 4 is 5.69 Å². The highest BCUT2D eigenvalue weighted by molar-refractivity contribution is 5.43. The lowest BCUT2D eigenvalue weighted by Crippen LogP contribution is -2.11. The van der Waals surface area contributed by atoms with E-state index < -0.39 is 24.2 Å². The molecule has 0 aliphatic carbocycles. The summed E-state index contributed by atoms with van der Waals surface area (Å²) in [7, 11) is 0. The number of anilines is 1. The Hall–Kier alpha value is -1.33. The summed E-state index contributed by atoms with van der Waals surface area (Å²) in [4.78, 5) is 0. The van der Waals surface area contributed by atoms with Crippen molar-refractivity contribution in [2.24, 2.45) is 0 Å². The van der Waals surface area contributed by atoms with Crippen molar-refractivity contribution in [3.8, 4) is 0 Å². The van der Waals surface area contributed by atoms with Gasteiger partial charge in [0.25, 0.3) is 0 Å². The minimum atomic E-state index is -4.18. The van der Waals surface area contributed by atoms with Gasteiger partial charge in [-0.15, -0.1) is 0 Å². The molecule has 0 heterocycles. The summed E-state index contributed by atoms with van der Waals surface area (Å²) in [6, 6.07) is 3.09. The van der Waals surface area contributed by atoms with Gasteiger partial charge >= 0.3 is 6.18 Å². The molecule has 0 saturated carbocycles. The van der Waals surface area contributed by atoms with E-state index in [4.69, 9.17) is 0 Å². The lowest BCUT2D eigenvalue weighted by Gasteiger charge is -2.08. The number of benzene rings is 1. The standard InChI is InChI=1S/C10H10F5N/c11-8-3-2-7(6-9(8)12)16-5-1-4-10(13,14)15/h2-3,6,16H,1,4-5H2. The Morgan fingerprint density at radius 2 is 1.75 bits per heavy atom. The predicted octanol–water partition coefficient (Wildman–Crippen LogP) is 3.72. The topological polar surface area (TPSA) is 12.0 Å². The molecule has 1 aromatic rings. The van der Waals surface area contributed by atoms with E-state index in [-0.39, 0.29) is 18.7 Å². The molecule has 0 atom stereocenters. The van der Waals surface area contributed by atoms with Gasteiger partial charge in [0.1, 0.15) is 0 Å². The molecule has 0 spiro atoms. The van der Waals surface area contributed by atoms with Crippen LogP contribution >= 0.6 is 0 Å². The first-order valence-corrected chi connectivity index (χ1v) is 4.64. The molecule has 0 aromatic heterocycles. The Balaban J connectivity index is 2.35. The Morgan fingerprint density at radius 3 is 2.31 bits per heavy atom. The molecule has 0 bridgehead atoms. The number of rotatable bonds is 4. The zero-order chi connectivity index (χ0) is 12.2. The van der Waals surface area contributed by atoms with Gasteiger partial charge in [0.05, 0.1) is 0 Å². The van der Waals surface area contributed by atoms with E-state index in [1.54, 1.807) is 0 Å². The minimum Gasteiger partial charge on any atom is -0.385 e. The Bertz CT molecular complexity index is 348. The number of alkyl halides is 3. The fourth-order valence-corrected chi connectivity index (χ4v) is 1.13. The SMILES string of the molecule is Fc1ccc(NCCCC(F)(F)F)cc1F. The van der Waals surface area contributed by atoms with Crippen molar-refractivity contribution in [3.05, 3.63) is 29.8 Å². The third-order valence-corrected chi connectivity index (χ3v) is 1.89. The average Bonchev–Trinajstić information content (AvgIpc) is 2.17. The quantitative estimate of drug-likeness (QED) is 0.623. The summed E-state index contributed by atoms with van der Waals surface area (Å²) in [5.74, 6) is -2.01. The van der Waals surface area contributed by atoms with Crippen LogP contribution in [0, 0.1) is 11.6 Å². The molecule has 1 aromatic carbocycles. The zero-order valence-electron chi connectivity index (χ0n) is 8.24. The molecule has 1 N–H and O–H groups in total. The van der Waals surface area contributed by atoms with Gasteiger partial charge < -0.3 is 5.32 Å². The Kier molecular flexibility index (Phi) is 4.09. The summed E-state index contributed by atoms with van der Waals surface area (Å²) in [5, 5.41) is 2.58. The number of halogens is 5. The van der Waals surface area contributed by atoms with Gasteiger partial charge in [-0.05, 0) is 24.6 Å². The first-order valence-electron chi connectivity index (χ1n) is 4.64. The van der Waals surface area contributed by atoms with Crippen LogP contribution in [0.4, 0.5) is 27.6 Å². The summed E-state index contributed by atoms with van der Waals surface area (Å²) >= 11 is 0. The first kappa shape index (κ1) is 12.7. The number of hydrogen-bond donors (Lipinski definition) is 1. The first-order chi connectivity index (χ1) is 7.38. The van der Waals surface area contributed by atoms with E-state index >= 15 is 0 Å². The highest BCUT2D eigenvalue weighted by atomic mass is 19.4. The maximum atomic E-state index is 12.7. The summed E-state index contributed by atoms with van der Waals surface area (Å²) in [6.07, 6.45) is -5.19. The molecule has 16 heavy (non-hydrogen) atoms. The lowest BCUT2D eigenvalue weighted by molar-refractivity contribution is -0.134. The van der Waals surface area contributed by atoms with Gasteiger partial charge in [0, 0.05) is 18.7 Å². The van der Waals surface area contributed by atoms with Gasteiger partial charge in [-0.25, -0.2) is 8.78 Å². The molecule has 0 radical (unpaired) electrons. The normalized spacial score (nSPS) is 11.6. The molecule has 0 unspecified atom stereocenters. The molecule has 0 saturated heterocycles. The maximum Gasteiger partial charge on any atom is 0.389 e. The van der Waals surface area contributed by atoms with Crippen LogP contribution in [0.15, 0.2) is 18.2 Å². The molecular formula is C10H10F5N. The minimum absolute atomic E-state index is 0.0601. The van der Waals surface area contributed by atoms with Crippen LogP contribution in [-0.4, -0.2) is 12.7 Å². The highest BCUT2D eigenvalue weighted by Crippen LogP contribution is 2.21. The zero-order valence-corrected chi connectivity index (χ0v) is 8.24. The highest BCUT2D eigenvalue weighted by Gasteiger charge is 2.25. The smallest absolute Gasteiger partial charge is 0.385 e. The third kappa shape index (κ3) is 4.46. The molecule has 0 amide bonds. The van der Waals surface area contributed by atoms with E-state index in [1.165, 1.54) is 6.07 Å². The monoisotopic (exact) mass is 239 g/mol. The van der Waals surface area contributed by atoms with Gasteiger partial charge in [0.15, 0.2) is 11.6 Å². The Labute approximate surface area is 89.3 Å². The van der Waals surface area contributed by atoms with Gasteiger partial charge in [-0.3, -0.25) is 0 Å². The van der Waals surface area contributed by atoms with E-state index in [9.17, 15) is 22.0 Å². The van der Waals surface area contributed by atoms with Crippen LogP contribution in [0.25, 0.3) is 0 Å². The van der Waals surface area contributed by atoms with Crippen molar-refractivity contribution in [2.75, 3.05) is 11.9 Å². The molecule has 1 nitrogen and oxygen atoms in total. The van der Waals surface area contributed by atoms with Gasteiger partial charge in [-0.1, -0.05) is 0 Å². The predicted molar refractivity (Wildman–Crippen MR) is 50.1 cm³/mol. The van der Waals surface area contributed by atoms with Crippen molar-refractivity contribution in [3.63, 3.8) is 0 Å². The van der Waals surface area contributed by atoms with E-state index in [0.717, 1.165) is 12.1 Å². The molecule has 1 rings (SSSR count). The molecule has 6 heteroatoms. The van der Waals surface area contributed by atoms with Crippen LogP contribution in [0.5, 0.6) is 0 Å². The Morgan fingerprint density at radius 1 is 1.06 bits per heavy atom. The molecule has 0 aliphatic heterocycles. The molecular weight excluding hydrogens is 229 g/mol. The second-order valence-corrected chi connectivity index (χ2v) is 3.27. The van der Waals surface area contributed by atoms with Crippen molar-refractivity contribution in [1.29, 1.82) is 0 Å². The number of nitrogens with one attached hydrogen (secondary N) is 1. The fraction of sp³-hybridized carbons (Fsp3) is 0.400. The van der Waals surface area contributed by atoms with Gasteiger partial charge in [-0.2, -0.15) is 13.2 Å². The van der Waals surface area contributed by atoms with Gasteiger partial charge in [0.2, 0.25) is 0 Å².